The third kappa shape index (κ3) is 3.75. The van der Waals surface area contributed by atoms with Crippen LogP contribution in [0.1, 0.15) is 40.7 Å². The largest absolute Gasteiger partial charge is 0.467 e. The van der Waals surface area contributed by atoms with Crippen LogP contribution in [-0.4, -0.2) is 25.2 Å². The van der Waals surface area contributed by atoms with Crippen LogP contribution in [0.5, 0.6) is 0 Å². The fourth-order valence-electron chi connectivity index (χ4n) is 4.46. The van der Waals surface area contributed by atoms with Crippen molar-refractivity contribution in [2.45, 2.75) is 51.0 Å². The van der Waals surface area contributed by atoms with Crippen LogP contribution < -0.4 is 10.6 Å². The maximum atomic E-state index is 12.8. The van der Waals surface area contributed by atoms with Crippen LogP contribution in [0.4, 0.5) is 10.5 Å². The Balaban J connectivity index is 1.52. The summed E-state index contributed by atoms with van der Waals surface area (Å²) in [6.45, 7) is 0. The van der Waals surface area contributed by atoms with Crippen LogP contribution in [-0.2, 0) is 41.6 Å². The number of carbonyl (C=O) groups is 2. The lowest BCUT2D eigenvalue weighted by atomic mass is 9.99. The molecule has 5 nitrogen and oxygen atoms in total. The van der Waals surface area contributed by atoms with Crippen LogP contribution >= 0.6 is 0 Å². The molecular weight excluding hydrogens is 352 g/mol. The van der Waals surface area contributed by atoms with E-state index in [9.17, 15) is 9.59 Å². The first kappa shape index (κ1) is 18.5. The molecule has 2 amide bonds. The molecule has 2 aromatic rings. The van der Waals surface area contributed by atoms with Gasteiger partial charge in [0.15, 0.2) is 0 Å². The zero-order valence-corrected chi connectivity index (χ0v) is 16.2. The highest BCUT2D eigenvalue weighted by Gasteiger charge is 2.27. The molecule has 2 aliphatic carbocycles. The van der Waals surface area contributed by atoms with Gasteiger partial charge in [-0.15, -0.1) is 0 Å². The van der Waals surface area contributed by atoms with Crippen molar-refractivity contribution >= 4 is 17.7 Å². The van der Waals surface area contributed by atoms with E-state index in [1.54, 1.807) is 0 Å². The predicted octanol–water partition coefficient (Wildman–Crippen LogP) is 3.57. The molecule has 0 aromatic heterocycles. The van der Waals surface area contributed by atoms with Crippen molar-refractivity contribution in [2.75, 3.05) is 12.4 Å². The van der Waals surface area contributed by atoms with Crippen molar-refractivity contribution in [3.05, 3.63) is 64.2 Å². The third-order valence-electron chi connectivity index (χ3n) is 5.79. The summed E-state index contributed by atoms with van der Waals surface area (Å²) < 4.78 is 4.90. The van der Waals surface area contributed by atoms with E-state index in [0.717, 1.165) is 49.8 Å². The molecule has 2 aliphatic rings. The van der Waals surface area contributed by atoms with Gasteiger partial charge >= 0.3 is 12.0 Å². The molecule has 0 spiro atoms. The normalized spacial score (nSPS) is 15.5. The highest BCUT2D eigenvalue weighted by Crippen LogP contribution is 2.38. The maximum Gasteiger partial charge on any atom is 0.328 e. The van der Waals surface area contributed by atoms with Crippen LogP contribution in [0.2, 0.25) is 0 Å². The van der Waals surface area contributed by atoms with E-state index >= 15 is 0 Å². The average molecular weight is 378 g/mol. The summed E-state index contributed by atoms with van der Waals surface area (Å²) in [7, 11) is 1.34. The lowest BCUT2D eigenvalue weighted by Crippen LogP contribution is -2.45. The third-order valence-corrected chi connectivity index (χ3v) is 5.79. The number of nitrogens with one attached hydrogen (secondary N) is 2. The molecular formula is C23H26N2O3. The van der Waals surface area contributed by atoms with Crippen molar-refractivity contribution in [3.8, 4) is 0 Å². The molecule has 1 atom stereocenters. The molecule has 2 N–H and O–H groups in total. The lowest BCUT2D eigenvalue weighted by Gasteiger charge is -2.20. The monoisotopic (exact) mass is 378 g/mol. The number of anilines is 1. The number of hydrogen-bond acceptors (Lipinski definition) is 3. The summed E-state index contributed by atoms with van der Waals surface area (Å²) in [5, 5.41) is 5.90. The summed E-state index contributed by atoms with van der Waals surface area (Å²) in [5.74, 6) is -0.442. The number of carbonyl (C=O) groups excluding carboxylic acids is 2. The highest BCUT2D eigenvalue weighted by atomic mass is 16.5. The number of fused-ring (bicyclic) bond motifs is 2. The Morgan fingerprint density at radius 2 is 1.64 bits per heavy atom. The van der Waals surface area contributed by atoms with Gasteiger partial charge in [-0.3, -0.25) is 0 Å². The molecule has 28 heavy (non-hydrogen) atoms. The smallest absolute Gasteiger partial charge is 0.328 e. The van der Waals surface area contributed by atoms with Gasteiger partial charge in [-0.25, -0.2) is 9.59 Å². The maximum absolute atomic E-state index is 12.8. The fourth-order valence-corrected chi connectivity index (χ4v) is 4.46. The summed E-state index contributed by atoms with van der Waals surface area (Å²) in [4.78, 5) is 25.0. The molecule has 0 fully saturated rings. The van der Waals surface area contributed by atoms with E-state index in [4.69, 9.17) is 4.74 Å². The van der Waals surface area contributed by atoms with Gasteiger partial charge in [-0.1, -0.05) is 36.4 Å². The van der Waals surface area contributed by atoms with Gasteiger partial charge in [0.25, 0.3) is 0 Å². The molecule has 146 valence electrons. The second-order valence-electron chi connectivity index (χ2n) is 7.60. The molecule has 0 heterocycles. The standard InChI is InChI=1S/C23H26N2O3/c1-28-22(26)20(13-15-7-3-2-4-8-15)24-23(27)25-21-18-11-5-9-16(18)14-17-10-6-12-19(17)21/h2-4,7-8,14,20H,5-6,9-13H2,1H3,(H2,24,25,27)/t20-/m0/s1. The molecule has 0 bridgehead atoms. The van der Waals surface area contributed by atoms with Crippen molar-refractivity contribution in [1.82, 2.24) is 5.32 Å². The number of benzene rings is 2. The SMILES string of the molecule is COC(=O)[C@H](Cc1ccccc1)NC(=O)Nc1c2c(cc3c1CCC3)CCC2. The Kier molecular flexibility index (Phi) is 5.33. The van der Waals surface area contributed by atoms with Gasteiger partial charge in [0, 0.05) is 12.1 Å². The first-order valence-electron chi connectivity index (χ1n) is 10.0. The van der Waals surface area contributed by atoms with Gasteiger partial charge in [0.05, 0.1) is 7.11 Å². The molecule has 0 saturated heterocycles. The quantitative estimate of drug-likeness (QED) is 0.782. The van der Waals surface area contributed by atoms with E-state index in [2.05, 4.69) is 16.7 Å². The highest BCUT2D eigenvalue weighted by molar-refractivity contribution is 5.94. The van der Waals surface area contributed by atoms with Crippen molar-refractivity contribution in [1.29, 1.82) is 0 Å². The Hall–Kier alpha value is -2.82. The number of esters is 1. The second-order valence-corrected chi connectivity index (χ2v) is 7.60. The zero-order valence-electron chi connectivity index (χ0n) is 16.2. The van der Waals surface area contributed by atoms with Crippen molar-refractivity contribution < 1.29 is 14.3 Å². The number of ether oxygens (including phenoxy) is 1. The molecule has 0 saturated carbocycles. The number of methoxy groups -OCH3 is 1. The minimum Gasteiger partial charge on any atom is -0.467 e. The van der Waals surface area contributed by atoms with E-state index < -0.39 is 12.0 Å². The van der Waals surface area contributed by atoms with Gasteiger partial charge < -0.3 is 15.4 Å². The Labute approximate surface area is 165 Å². The summed E-state index contributed by atoms with van der Waals surface area (Å²) >= 11 is 0. The number of urea groups is 1. The molecule has 0 unspecified atom stereocenters. The molecule has 2 aromatic carbocycles. The topological polar surface area (TPSA) is 67.4 Å². The average Bonchev–Trinajstić information content (AvgIpc) is 3.36. The van der Waals surface area contributed by atoms with Gasteiger partial charge in [-0.2, -0.15) is 0 Å². The predicted molar refractivity (Wildman–Crippen MR) is 109 cm³/mol. The van der Waals surface area contributed by atoms with E-state index in [1.165, 1.54) is 29.4 Å². The van der Waals surface area contributed by atoms with Crippen LogP contribution in [0.15, 0.2) is 36.4 Å². The van der Waals surface area contributed by atoms with Crippen LogP contribution in [0.3, 0.4) is 0 Å². The molecule has 0 radical (unpaired) electrons. The summed E-state index contributed by atoms with van der Waals surface area (Å²) in [6, 6.07) is 10.9. The van der Waals surface area contributed by atoms with Gasteiger partial charge in [0.1, 0.15) is 6.04 Å². The minimum atomic E-state index is -0.725. The first-order valence-corrected chi connectivity index (χ1v) is 10.0. The van der Waals surface area contributed by atoms with Crippen LogP contribution in [0, 0.1) is 0 Å². The zero-order chi connectivity index (χ0) is 19.5. The number of aryl methyl sites for hydroxylation is 2. The Morgan fingerprint density at radius 1 is 1.00 bits per heavy atom. The number of hydrogen-bond donors (Lipinski definition) is 2. The Morgan fingerprint density at radius 3 is 2.25 bits per heavy atom. The lowest BCUT2D eigenvalue weighted by molar-refractivity contribution is -0.142. The van der Waals surface area contributed by atoms with E-state index in [0.29, 0.717) is 6.42 Å². The summed E-state index contributed by atoms with van der Waals surface area (Å²) in [5.41, 5.74) is 7.22. The van der Waals surface area contributed by atoms with Crippen molar-refractivity contribution in [3.63, 3.8) is 0 Å². The molecule has 5 heteroatoms. The van der Waals surface area contributed by atoms with Crippen molar-refractivity contribution in [2.24, 2.45) is 0 Å². The number of amides is 2. The molecule has 4 rings (SSSR count). The second kappa shape index (κ2) is 8.05. The minimum absolute atomic E-state index is 0.347. The summed E-state index contributed by atoms with van der Waals surface area (Å²) in [6.07, 6.45) is 6.83. The van der Waals surface area contributed by atoms with Gasteiger partial charge in [-0.05, 0) is 66.3 Å². The van der Waals surface area contributed by atoms with Crippen LogP contribution in [0.25, 0.3) is 0 Å². The Bertz CT molecular complexity index is 860. The fraction of sp³-hybridized carbons (Fsp3) is 0.391. The number of rotatable bonds is 5. The first-order chi connectivity index (χ1) is 13.7. The molecule has 0 aliphatic heterocycles. The van der Waals surface area contributed by atoms with E-state index in [1.807, 2.05) is 30.3 Å². The van der Waals surface area contributed by atoms with E-state index in [-0.39, 0.29) is 6.03 Å². The van der Waals surface area contributed by atoms with Gasteiger partial charge in [0.2, 0.25) is 0 Å².